The molecule has 0 unspecified atom stereocenters. The van der Waals surface area contributed by atoms with Crippen molar-refractivity contribution in [3.05, 3.63) is 23.8 Å². The standard InChI is InChI=1S/C15H21NO6.C12H23N/c1-15(2,3)22-14(20)16-10(13(18)19)7-9-5-6-11(17)12(8-9)21-4;1-3-7-11(8-4-1)13-12-9-5-2-6-10-12/h5-6,8,10,17H,7H2,1-4H3,(H,16,20)(H,18,19);11-13H,1-10H2/t10-;/m0./s1. The highest BCUT2D eigenvalue weighted by Crippen LogP contribution is 2.27. The van der Waals surface area contributed by atoms with Gasteiger partial charge in [-0.1, -0.05) is 44.6 Å². The number of amides is 1. The molecule has 0 aliphatic heterocycles. The number of carboxylic acids is 1. The molecule has 0 bridgehead atoms. The third-order valence-electron chi connectivity index (χ3n) is 6.35. The molecule has 2 aliphatic rings. The van der Waals surface area contributed by atoms with Crippen LogP contribution in [0, 0.1) is 0 Å². The number of phenolic OH excluding ortho intramolecular Hbond substituents is 1. The van der Waals surface area contributed by atoms with E-state index in [0.717, 1.165) is 12.1 Å². The van der Waals surface area contributed by atoms with Crippen LogP contribution in [0.4, 0.5) is 4.79 Å². The Morgan fingerprint density at radius 2 is 1.54 bits per heavy atom. The predicted molar refractivity (Wildman–Crippen MR) is 136 cm³/mol. The van der Waals surface area contributed by atoms with Crippen molar-refractivity contribution in [3.8, 4) is 11.5 Å². The lowest BCUT2D eigenvalue weighted by molar-refractivity contribution is -0.139. The van der Waals surface area contributed by atoms with Gasteiger partial charge in [-0.3, -0.25) is 0 Å². The van der Waals surface area contributed by atoms with Crippen molar-refractivity contribution in [2.45, 2.75) is 115 Å². The summed E-state index contributed by atoms with van der Waals surface area (Å²) < 4.78 is 10.0. The first-order chi connectivity index (χ1) is 16.6. The van der Waals surface area contributed by atoms with E-state index < -0.39 is 23.7 Å². The normalized spacial score (nSPS) is 18.1. The van der Waals surface area contributed by atoms with Crippen LogP contribution in [0.2, 0.25) is 0 Å². The fraction of sp³-hybridized carbons (Fsp3) is 0.704. The topological polar surface area (TPSA) is 117 Å². The number of alkyl carbamates (subject to hydrolysis) is 1. The molecule has 35 heavy (non-hydrogen) atoms. The lowest BCUT2D eigenvalue weighted by atomic mass is 9.91. The molecule has 2 aliphatic carbocycles. The van der Waals surface area contributed by atoms with E-state index in [1.807, 2.05) is 0 Å². The summed E-state index contributed by atoms with van der Waals surface area (Å²) in [6.07, 6.45) is 13.8. The maximum absolute atomic E-state index is 11.7. The van der Waals surface area contributed by atoms with Crippen LogP contribution in [-0.2, 0) is 16.0 Å². The van der Waals surface area contributed by atoms with Crippen LogP contribution in [0.5, 0.6) is 11.5 Å². The van der Waals surface area contributed by atoms with Crippen LogP contribution >= 0.6 is 0 Å². The third kappa shape index (κ3) is 11.2. The number of carbonyl (C=O) groups excluding carboxylic acids is 1. The lowest BCUT2D eigenvalue weighted by Gasteiger charge is -2.30. The fourth-order valence-electron chi connectivity index (χ4n) is 4.61. The van der Waals surface area contributed by atoms with Crippen LogP contribution < -0.4 is 15.4 Å². The zero-order valence-corrected chi connectivity index (χ0v) is 21.8. The number of aliphatic carboxylic acids is 1. The minimum atomic E-state index is -1.18. The average Bonchev–Trinajstić information content (AvgIpc) is 2.80. The number of hydrogen-bond acceptors (Lipinski definition) is 6. The van der Waals surface area contributed by atoms with Gasteiger partial charge >= 0.3 is 12.1 Å². The Bertz CT molecular complexity index is 779. The molecule has 8 nitrogen and oxygen atoms in total. The molecule has 8 heteroatoms. The van der Waals surface area contributed by atoms with Crippen molar-refractivity contribution in [2.75, 3.05) is 7.11 Å². The lowest BCUT2D eigenvalue weighted by Crippen LogP contribution is -2.44. The predicted octanol–water partition coefficient (Wildman–Crippen LogP) is 5.16. The number of methoxy groups -OCH3 is 1. The van der Waals surface area contributed by atoms with Crippen molar-refractivity contribution >= 4 is 12.1 Å². The van der Waals surface area contributed by atoms with Gasteiger partial charge in [0.05, 0.1) is 7.11 Å². The number of ether oxygens (including phenoxy) is 2. The SMILES string of the molecule is C1CCC(NC2CCCCC2)CC1.COc1cc(C[C@H](NC(=O)OC(C)(C)C)C(=O)O)ccc1O. The van der Waals surface area contributed by atoms with E-state index >= 15 is 0 Å². The van der Waals surface area contributed by atoms with Gasteiger partial charge in [0.15, 0.2) is 11.5 Å². The van der Waals surface area contributed by atoms with Gasteiger partial charge in [0.1, 0.15) is 11.6 Å². The first kappa shape index (κ1) is 28.8. The Balaban J connectivity index is 0.000000279. The zero-order chi connectivity index (χ0) is 25.8. The summed E-state index contributed by atoms with van der Waals surface area (Å²) in [5.41, 5.74) is -0.118. The molecule has 2 fully saturated rings. The van der Waals surface area contributed by atoms with Crippen molar-refractivity contribution in [2.24, 2.45) is 0 Å². The number of hydrogen-bond donors (Lipinski definition) is 4. The monoisotopic (exact) mass is 492 g/mol. The molecule has 0 radical (unpaired) electrons. The van der Waals surface area contributed by atoms with E-state index in [0.29, 0.717) is 5.56 Å². The van der Waals surface area contributed by atoms with Gasteiger partial charge in [0.2, 0.25) is 0 Å². The molecule has 1 amide bonds. The minimum absolute atomic E-state index is 0.0330. The fourth-order valence-corrected chi connectivity index (χ4v) is 4.61. The Labute approximate surface area is 209 Å². The third-order valence-corrected chi connectivity index (χ3v) is 6.35. The van der Waals surface area contributed by atoms with E-state index in [1.54, 1.807) is 26.8 Å². The summed E-state index contributed by atoms with van der Waals surface area (Å²) in [6, 6.07) is 5.07. The van der Waals surface area contributed by atoms with Gasteiger partial charge in [-0.25, -0.2) is 9.59 Å². The molecule has 3 rings (SSSR count). The molecule has 4 N–H and O–H groups in total. The molecule has 2 saturated carbocycles. The summed E-state index contributed by atoms with van der Waals surface area (Å²) in [5, 5.41) is 24.9. The van der Waals surface area contributed by atoms with Crippen LogP contribution in [-0.4, -0.2) is 53.1 Å². The summed E-state index contributed by atoms with van der Waals surface area (Å²) in [5.74, 6) is -0.991. The maximum Gasteiger partial charge on any atom is 0.408 e. The second-order valence-corrected chi connectivity index (χ2v) is 10.6. The highest BCUT2D eigenvalue weighted by Gasteiger charge is 2.24. The van der Waals surface area contributed by atoms with Gasteiger partial charge in [-0.05, 0) is 64.2 Å². The molecule has 0 heterocycles. The van der Waals surface area contributed by atoms with E-state index in [4.69, 9.17) is 9.47 Å². The van der Waals surface area contributed by atoms with E-state index in [9.17, 15) is 19.8 Å². The van der Waals surface area contributed by atoms with E-state index in [2.05, 4.69) is 10.6 Å². The Hall–Kier alpha value is -2.48. The number of rotatable bonds is 7. The van der Waals surface area contributed by atoms with Crippen molar-refractivity contribution in [1.82, 2.24) is 10.6 Å². The molecule has 1 atom stereocenters. The number of aromatic hydroxyl groups is 1. The van der Waals surface area contributed by atoms with Crippen molar-refractivity contribution < 1.29 is 29.3 Å². The quantitative estimate of drug-likeness (QED) is 0.415. The Kier molecular flexibility index (Phi) is 11.6. The molecule has 0 spiro atoms. The number of benzene rings is 1. The first-order valence-electron chi connectivity index (χ1n) is 12.9. The number of nitrogens with one attached hydrogen (secondary N) is 2. The highest BCUT2D eigenvalue weighted by molar-refractivity contribution is 5.80. The summed E-state index contributed by atoms with van der Waals surface area (Å²) >= 11 is 0. The smallest absolute Gasteiger partial charge is 0.408 e. The second kappa shape index (κ2) is 14.2. The zero-order valence-electron chi connectivity index (χ0n) is 21.8. The molecule has 198 valence electrons. The highest BCUT2D eigenvalue weighted by atomic mass is 16.6. The van der Waals surface area contributed by atoms with Crippen LogP contribution in [0.1, 0.15) is 90.5 Å². The molecular weight excluding hydrogens is 448 g/mol. The number of carbonyl (C=O) groups is 2. The maximum atomic E-state index is 11.7. The Morgan fingerprint density at radius 3 is 2.00 bits per heavy atom. The number of carboxylic acid groups (broad SMARTS) is 1. The molecule has 0 saturated heterocycles. The molecule has 1 aromatic rings. The summed E-state index contributed by atoms with van der Waals surface area (Å²) in [6.45, 7) is 5.06. The molecule has 1 aromatic carbocycles. The van der Waals surface area contributed by atoms with Gasteiger partial charge in [0, 0.05) is 18.5 Å². The number of phenols is 1. The van der Waals surface area contributed by atoms with Crippen LogP contribution in [0.25, 0.3) is 0 Å². The molecular formula is C27H44N2O6. The average molecular weight is 493 g/mol. The van der Waals surface area contributed by atoms with Gasteiger partial charge in [-0.15, -0.1) is 0 Å². The van der Waals surface area contributed by atoms with Gasteiger partial charge in [0.25, 0.3) is 0 Å². The van der Waals surface area contributed by atoms with Crippen molar-refractivity contribution in [3.63, 3.8) is 0 Å². The van der Waals surface area contributed by atoms with Gasteiger partial charge in [-0.2, -0.15) is 0 Å². The van der Waals surface area contributed by atoms with E-state index in [1.165, 1.54) is 83.5 Å². The van der Waals surface area contributed by atoms with Crippen molar-refractivity contribution in [1.29, 1.82) is 0 Å². The van der Waals surface area contributed by atoms with E-state index in [-0.39, 0.29) is 17.9 Å². The van der Waals surface area contributed by atoms with Crippen LogP contribution in [0.15, 0.2) is 18.2 Å². The summed E-state index contributed by atoms with van der Waals surface area (Å²) in [4.78, 5) is 23.0. The largest absolute Gasteiger partial charge is 0.504 e. The Morgan fingerprint density at radius 1 is 1.00 bits per heavy atom. The van der Waals surface area contributed by atoms with Gasteiger partial charge < -0.3 is 30.3 Å². The first-order valence-corrected chi connectivity index (χ1v) is 12.9. The molecule has 0 aromatic heterocycles. The minimum Gasteiger partial charge on any atom is -0.504 e. The van der Waals surface area contributed by atoms with Crippen LogP contribution in [0.3, 0.4) is 0 Å². The summed E-state index contributed by atoms with van der Waals surface area (Å²) in [7, 11) is 1.40. The second-order valence-electron chi connectivity index (χ2n) is 10.6.